The summed E-state index contributed by atoms with van der Waals surface area (Å²) in [5.74, 6) is 2.16. The molecule has 0 fully saturated rings. The van der Waals surface area contributed by atoms with Crippen LogP contribution in [-0.2, 0) is 5.60 Å². The van der Waals surface area contributed by atoms with E-state index in [9.17, 15) is 5.11 Å². The van der Waals surface area contributed by atoms with Gasteiger partial charge in [-0.2, -0.15) is 5.10 Å². The normalized spacial score (nSPS) is 13.3. The fourth-order valence-electron chi connectivity index (χ4n) is 2.88. The molecule has 25 heavy (non-hydrogen) atoms. The Bertz CT molecular complexity index is 829. The first-order chi connectivity index (χ1) is 12.0. The summed E-state index contributed by atoms with van der Waals surface area (Å²) >= 11 is 0. The summed E-state index contributed by atoms with van der Waals surface area (Å²) < 4.78 is 11.1. The predicted octanol–water partition coefficient (Wildman–Crippen LogP) is 4.16. The van der Waals surface area contributed by atoms with Gasteiger partial charge in [-0.1, -0.05) is 13.0 Å². The highest BCUT2D eigenvalue weighted by molar-refractivity contribution is 5.43. The van der Waals surface area contributed by atoms with Crippen molar-refractivity contribution in [2.75, 3.05) is 7.11 Å². The van der Waals surface area contributed by atoms with Gasteiger partial charge in [-0.25, -0.2) is 0 Å². The molecule has 3 rings (SSSR count). The largest absolute Gasteiger partial charge is 0.497 e. The quantitative estimate of drug-likeness (QED) is 0.708. The number of aryl methyl sites for hydroxylation is 1. The van der Waals surface area contributed by atoms with E-state index in [1.54, 1.807) is 19.5 Å². The lowest BCUT2D eigenvalue weighted by Crippen LogP contribution is -2.25. The maximum Gasteiger partial charge on any atom is 0.128 e. The highest BCUT2D eigenvalue weighted by Crippen LogP contribution is 2.36. The van der Waals surface area contributed by atoms with E-state index in [4.69, 9.17) is 9.47 Å². The number of ether oxygens (including phenoxy) is 2. The lowest BCUT2D eigenvalue weighted by molar-refractivity contribution is 0.0763. The van der Waals surface area contributed by atoms with Crippen LogP contribution in [0.2, 0.25) is 0 Å². The van der Waals surface area contributed by atoms with Crippen LogP contribution in [0.5, 0.6) is 17.2 Å². The second-order valence-corrected chi connectivity index (χ2v) is 6.01. The molecule has 0 spiro atoms. The molecule has 0 bridgehead atoms. The summed E-state index contributed by atoms with van der Waals surface area (Å²) in [6.07, 6.45) is 3.89. The van der Waals surface area contributed by atoms with E-state index < -0.39 is 5.60 Å². The van der Waals surface area contributed by atoms with Crippen molar-refractivity contribution in [2.24, 2.45) is 0 Å². The molecule has 0 aliphatic rings. The highest BCUT2D eigenvalue weighted by Gasteiger charge is 2.31. The van der Waals surface area contributed by atoms with E-state index in [2.05, 4.69) is 10.2 Å². The summed E-state index contributed by atoms with van der Waals surface area (Å²) in [5, 5.41) is 17.9. The zero-order chi connectivity index (χ0) is 17.9. The molecular weight excluding hydrogens is 316 g/mol. The molecule has 130 valence electrons. The van der Waals surface area contributed by atoms with Gasteiger partial charge in [0.25, 0.3) is 0 Å². The van der Waals surface area contributed by atoms with Crippen molar-refractivity contribution in [1.82, 2.24) is 10.2 Å². The summed E-state index contributed by atoms with van der Waals surface area (Å²) in [6.45, 7) is 3.93. The van der Waals surface area contributed by atoms with Crippen molar-refractivity contribution < 1.29 is 14.6 Å². The predicted molar refractivity (Wildman–Crippen MR) is 96.1 cm³/mol. The molecule has 3 aromatic rings. The smallest absolute Gasteiger partial charge is 0.128 e. The number of nitrogens with zero attached hydrogens (tertiary/aromatic N) is 1. The summed E-state index contributed by atoms with van der Waals surface area (Å²) in [6, 6.07) is 13.2. The molecule has 1 aromatic heterocycles. The SMILES string of the molecule is CCC(O)(c1cn[nH]c1)c1cc(C)cc(Oc2ccc(OC)cc2)c1. The number of aliphatic hydroxyl groups is 1. The van der Waals surface area contributed by atoms with Crippen molar-refractivity contribution in [3.05, 3.63) is 71.5 Å². The van der Waals surface area contributed by atoms with E-state index in [0.29, 0.717) is 17.9 Å². The molecule has 2 aromatic carbocycles. The molecule has 0 aliphatic carbocycles. The molecule has 2 N–H and O–H groups in total. The molecule has 1 unspecified atom stereocenters. The van der Waals surface area contributed by atoms with Crippen LogP contribution in [0.15, 0.2) is 54.9 Å². The molecule has 0 saturated heterocycles. The van der Waals surface area contributed by atoms with Crippen molar-refractivity contribution in [2.45, 2.75) is 25.9 Å². The van der Waals surface area contributed by atoms with Gasteiger partial charge in [0, 0.05) is 11.8 Å². The lowest BCUT2D eigenvalue weighted by Gasteiger charge is -2.27. The fourth-order valence-corrected chi connectivity index (χ4v) is 2.88. The molecular formula is C20H22N2O3. The van der Waals surface area contributed by atoms with E-state index in [0.717, 1.165) is 22.4 Å². The maximum atomic E-state index is 11.2. The Kier molecular flexibility index (Phi) is 4.76. The Morgan fingerprint density at radius 3 is 2.36 bits per heavy atom. The third kappa shape index (κ3) is 3.51. The average Bonchev–Trinajstić information content (AvgIpc) is 3.16. The summed E-state index contributed by atoms with van der Waals surface area (Å²) in [5.41, 5.74) is 1.41. The fraction of sp³-hybridized carbons (Fsp3) is 0.250. The van der Waals surface area contributed by atoms with Crippen molar-refractivity contribution in [3.63, 3.8) is 0 Å². The second-order valence-electron chi connectivity index (χ2n) is 6.01. The highest BCUT2D eigenvalue weighted by atomic mass is 16.5. The van der Waals surface area contributed by atoms with Crippen LogP contribution in [0.1, 0.15) is 30.0 Å². The monoisotopic (exact) mass is 338 g/mol. The molecule has 5 nitrogen and oxygen atoms in total. The maximum absolute atomic E-state index is 11.2. The number of aromatic amines is 1. The minimum absolute atomic E-state index is 0.526. The van der Waals surface area contributed by atoms with Crippen LogP contribution in [-0.4, -0.2) is 22.4 Å². The first-order valence-electron chi connectivity index (χ1n) is 8.21. The molecule has 0 aliphatic heterocycles. The Morgan fingerprint density at radius 2 is 1.76 bits per heavy atom. The average molecular weight is 338 g/mol. The number of hydrogen-bond acceptors (Lipinski definition) is 4. The van der Waals surface area contributed by atoms with Gasteiger partial charge in [0.15, 0.2) is 0 Å². The van der Waals surface area contributed by atoms with E-state index in [1.165, 1.54) is 0 Å². The number of methoxy groups -OCH3 is 1. The minimum atomic E-state index is -1.11. The van der Waals surface area contributed by atoms with Crippen LogP contribution >= 0.6 is 0 Å². The zero-order valence-electron chi connectivity index (χ0n) is 14.6. The summed E-state index contributed by atoms with van der Waals surface area (Å²) in [4.78, 5) is 0. The molecule has 0 saturated carbocycles. The number of aromatic nitrogens is 2. The lowest BCUT2D eigenvalue weighted by atomic mass is 9.85. The second kappa shape index (κ2) is 6.99. The standard InChI is InChI=1S/C20H22N2O3/c1-4-20(23,16-12-21-22-13-16)15-9-14(2)10-19(11-15)25-18-7-5-17(24-3)6-8-18/h5-13,23H,4H2,1-3H3,(H,21,22). The van der Waals surface area contributed by atoms with Gasteiger partial charge in [-0.05, 0) is 60.9 Å². The number of rotatable bonds is 6. The Labute approximate surface area is 147 Å². The third-order valence-corrected chi connectivity index (χ3v) is 4.31. The molecule has 1 heterocycles. The topological polar surface area (TPSA) is 67.4 Å². The van der Waals surface area contributed by atoms with Crippen LogP contribution in [0.4, 0.5) is 0 Å². The van der Waals surface area contributed by atoms with Gasteiger partial charge in [-0.15, -0.1) is 0 Å². The molecule has 5 heteroatoms. The van der Waals surface area contributed by atoms with E-state index in [-0.39, 0.29) is 0 Å². The van der Waals surface area contributed by atoms with E-state index >= 15 is 0 Å². The Hall–Kier alpha value is -2.79. The Morgan fingerprint density at radius 1 is 1.04 bits per heavy atom. The first-order valence-corrected chi connectivity index (χ1v) is 8.21. The van der Waals surface area contributed by atoms with Crippen molar-refractivity contribution >= 4 is 0 Å². The van der Waals surface area contributed by atoms with Crippen molar-refractivity contribution in [1.29, 1.82) is 0 Å². The first kappa shape index (κ1) is 17.0. The third-order valence-electron chi connectivity index (χ3n) is 4.31. The minimum Gasteiger partial charge on any atom is -0.497 e. The molecule has 0 amide bonds. The van der Waals surface area contributed by atoms with Gasteiger partial charge >= 0.3 is 0 Å². The number of nitrogens with one attached hydrogen (secondary N) is 1. The van der Waals surface area contributed by atoms with Gasteiger partial charge in [-0.3, -0.25) is 5.10 Å². The molecule has 1 atom stereocenters. The van der Waals surface area contributed by atoms with Crippen LogP contribution < -0.4 is 9.47 Å². The number of H-pyrrole nitrogens is 1. The van der Waals surface area contributed by atoms with Gasteiger partial charge in [0.05, 0.1) is 13.3 Å². The van der Waals surface area contributed by atoms with Crippen LogP contribution in [0.3, 0.4) is 0 Å². The van der Waals surface area contributed by atoms with E-state index in [1.807, 2.05) is 56.3 Å². The number of benzene rings is 2. The molecule has 0 radical (unpaired) electrons. The van der Waals surface area contributed by atoms with Crippen LogP contribution in [0, 0.1) is 6.92 Å². The van der Waals surface area contributed by atoms with Crippen molar-refractivity contribution in [3.8, 4) is 17.2 Å². The summed E-state index contributed by atoms with van der Waals surface area (Å²) in [7, 11) is 1.63. The Balaban J connectivity index is 1.94. The van der Waals surface area contributed by atoms with Gasteiger partial charge in [0.2, 0.25) is 0 Å². The van der Waals surface area contributed by atoms with Crippen LogP contribution in [0.25, 0.3) is 0 Å². The number of hydrogen-bond donors (Lipinski definition) is 2. The van der Waals surface area contributed by atoms with Gasteiger partial charge in [0.1, 0.15) is 22.8 Å². The van der Waals surface area contributed by atoms with Gasteiger partial charge < -0.3 is 14.6 Å². The zero-order valence-corrected chi connectivity index (χ0v) is 14.6.